The lowest BCUT2D eigenvalue weighted by molar-refractivity contribution is -0.140. The Morgan fingerprint density at radius 1 is 0.480 bits per heavy atom. The number of aromatic nitrogens is 4. The van der Waals surface area contributed by atoms with E-state index in [9.17, 15) is 77.6 Å². The molecular formula is C63H81N19O18S2. The maximum absolute atomic E-state index is 15.2. The number of carbonyl (C=O) groups excluding carboxylic acids is 12. The van der Waals surface area contributed by atoms with Gasteiger partial charge < -0.3 is 105 Å². The number of rotatable bonds is 19. The number of aromatic amines is 3. The Bertz CT molecular complexity index is 3940. The minimum absolute atomic E-state index is 0.0180. The van der Waals surface area contributed by atoms with Gasteiger partial charge in [0.1, 0.15) is 66.5 Å². The number of nitrogens with one attached hydrogen (secondary N) is 17. The molecule has 2 bridgehead atoms. The fraction of sp³-hybridized carbons (Fsp3) is 0.444. The van der Waals surface area contributed by atoms with Gasteiger partial charge in [-0.3, -0.25) is 77.3 Å². The van der Waals surface area contributed by atoms with Crippen LogP contribution in [-0.4, -0.2) is 214 Å². The molecule has 5 aromatic rings. The van der Waals surface area contributed by atoms with E-state index in [1.54, 1.807) is 54.7 Å². The Hall–Kier alpha value is -11.2. The number of nitrogens with two attached hydrogens (primary N) is 1. The molecule has 2 saturated heterocycles. The number of benzene rings is 2. The Kier molecular flexibility index (Phi) is 28.5. The number of carbonyl (C=O) groups is 15. The molecule has 2 aliphatic rings. The van der Waals surface area contributed by atoms with Gasteiger partial charge in [0.05, 0.1) is 12.0 Å². The van der Waals surface area contributed by atoms with Crippen LogP contribution in [0.15, 0.2) is 73.4 Å². The first kappa shape index (κ1) is 78.1. The zero-order chi connectivity index (χ0) is 74.3. The van der Waals surface area contributed by atoms with Crippen molar-refractivity contribution < 1.29 is 87.2 Å². The lowest BCUT2D eigenvalue weighted by Gasteiger charge is -2.29. The first-order valence-corrected chi connectivity index (χ1v) is 34.7. The van der Waals surface area contributed by atoms with Gasteiger partial charge in [0.15, 0.2) is 11.3 Å². The van der Waals surface area contributed by atoms with Gasteiger partial charge >= 0.3 is 17.9 Å². The first-order chi connectivity index (χ1) is 48.5. The summed E-state index contributed by atoms with van der Waals surface area (Å²) in [6.07, 6.45) is 0.152. The molecule has 39 heteroatoms. The summed E-state index contributed by atoms with van der Waals surface area (Å²) in [4.78, 5) is 225. The molecule has 12 amide bonds. The Labute approximate surface area is 588 Å². The van der Waals surface area contributed by atoms with E-state index >= 15 is 9.59 Å². The molecule has 5 heterocycles. The Morgan fingerprint density at radius 2 is 0.863 bits per heavy atom. The SMILES string of the molecule is C[C@@H]1NC(=O)C2NC(=O)[C@H](Cc3c[nH]c4ccccc34)NC(=O)[C@H](CCC(=O)O)NC(=O)[C@H](CCC(=O)O)NC(=O)[C@H](CCC(=O)O)NC(=O)[C@H](C)NC(=O)[C@H](CSS2)NC(=O)[C@H](Cc2c[nH]c3ccccc23)NC(=O)[C@H](CCCNC(=N)N)NC(=O)[C@@H](C)NC(=O)[C@H](Cc2c[nH]cn2)NC1=O. The Balaban J connectivity index is 1.37. The third-order valence-electron chi connectivity index (χ3n) is 16.3. The maximum atomic E-state index is 15.2. The fourth-order valence-corrected chi connectivity index (χ4v) is 13.1. The van der Waals surface area contributed by atoms with Crippen molar-refractivity contribution in [3.8, 4) is 0 Å². The number of guanidine groups is 1. The fourth-order valence-electron chi connectivity index (χ4n) is 10.8. The van der Waals surface area contributed by atoms with Crippen molar-refractivity contribution >= 4 is 138 Å². The normalized spacial score (nSPS) is 24.7. The molecule has 3 aromatic heterocycles. The van der Waals surface area contributed by atoms with Crippen molar-refractivity contribution in [3.05, 3.63) is 90.3 Å². The number of carboxylic acid groups (broad SMARTS) is 3. The molecule has 37 nitrogen and oxygen atoms in total. The van der Waals surface area contributed by atoms with Crippen molar-refractivity contribution in [2.24, 2.45) is 5.73 Å². The molecule has 102 heavy (non-hydrogen) atoms. The van der Waals surface area contributed by atoms with Crippen LogP contribution in [0.3, 0.4) is 0 Å². The topological polar surface area (TPSA) is 583 Å². The quantitative estimate of drug-likeness (QED) is 0.0165. The zero-order valence-electron chi connectivity index (χ0n) is 55.4. The van der Waals surface area contributed by atoms with Crippen LogP contribution in [-0.2, 0) is 91.2 Å². The van der Waals surface area contributed by atoms with E-state index in [2.05, 4.69) is 89.1 Å². The number of para-hydroxylation sites is 2. The summed E-state index contributed by atoms with van der Waals surface area (Å²) in [6, 6.07) is -5.03. The number of H-pyrrole nitrogens is 3. The van der Waals surface area contributed by atoms with Crippen LogP contribution >= 0.6 is 21.6 Å². The van der Waals surface area contributed by atoms with E-state index in [0.29, 0.717) is 54.5 Å². The molecule has 0 saturated carbocycles. The molecule has 2 aromatic carbocycles. The predicted molar refractivity (Wildman–Crippen MR) is 366 cm³/mol. The molecule has 12 atom stereocenters. The number of fused-ring (bicyclic) bond motifs is 6. The molecule has 22 N–H and O–H groups in total. The third kappa shape index (κ3) is 23.2. The highest BCUT2D eigenvalue weighted by atomic mass is 33.1. The molecule has 0 spiro atoms. The van der Waals surface area contributed by atoms with Gasteiger partial charge in [-0.2, -0.15) is 0 Å². The monoisotopic (exact) mass is 1460 g/mol. The third-order valence-corrected chi connectivity index (χ3v) is 18.8. The first-order valence-electron chi connectivity index (χ1n) is 32.3. The second-order valence-corrected chi connectivity index (χ2v) is 26.6. The summed E-state index contributed by atoms with van der Waals surface area (Å²) in [5.41, 5.74) is 7.81. The van der Waals surface area contributed by atoms with E-state index in [-0.39, 0.29) is 37.9 Å². The number of aliphatic carboxylic acids is 3. The number of nitrogens with zero attached hydrogens (tertiary/aromatic N) is 1. The minimum Gasteiger partial charge on any atom is -0.481 e. The highest BCUT2D eigenvalue weighted by Crippen LogP contribution is 2.28. The van der Waals surface area contributed by atoms with E-state index in [1.807, 2.05) is 0 Å². The van der Waals surface area contributed by atoms with E-state index in [0.717, 1.165) is 6.92 Å². The van der Waals surface area contributed by atoms with E-state index < -0.39 is 217 Å². The average Bonchev–Trinajstić information content (AvgIpc) is 1.65. The molecule has 2 aliphatic heterocycles. The smallest absolute Gasteiger partial charge is 0.303 e. The summed E-state index contributed by atoms with van der Waals surface area (Å²) in [5, 5.41) is 68.8. The summed E-state index contributed by atoms with van der Waals surface area (Å²) in [6.45, 7) is 3.65. The van der Waals surface area contributed by atoms with E-state index in [4.69, 9.17) is 11.1 Å². The van der Waals surface area contributed by atoms with Crippen molar-refractivity contribution in [3.63, 3.8) is 0 Å². The highest BCUT2D eigenvalue weighted by Gasteiger charge is 2.39. The standard InChI is InChI=1S/C63H81N19O18S2/c1-29-50(89)74-39(13-8-20-67-63(64)65)53(92)79-43(21-32-24-68-37-11-6-4-9-35(32)37)58(97)81-46-27-101-102-62(61(100)73-31(3)52(91)78-45(57(96)71-29)23-34-26-66-28-70-34)82-59(98)44(22-33-25-69-38-12-7-5-10-36(33)38)80-56(95)42(16-19-49(87)88)77-55(94)41(15-18-48(85)86)76-54(93)40(14-17-47(83)84)75-51(90)30(2)72-60(46)99/h4-7,9-12,24-26,28-31,39-46,62,68-69H,8,13-23,27H2,1-3H3,(H,66,70)(H,71,96)(H,72,99)(H,73,100)(H,74,89)(H,75,90)(H,76,93)(H,77,94)(H,78,91)(H,79,92)(H,80,95)(H,81,97)(H,82,98)(H,83,84)(H,85,86)(H,87,88)(H4,64,65,67)/t29-,30+,31+,39+,40+,41+,42+,43+,44+,45+,46+,62?/m1/s1. The average molecular weight is 1460 g/mol. The van der Waals surface area contributed by atoms with Crippen molar-refractivity contribution in [1.82, 2.24) is 89.1 Å². The zero-order valence-corrected chi connectivity index (χ0v) is 57.0. The number of imidazole rings is 1. The van der Waals surface area contributed by atoms with Gasteiger partial charge in [-0.15, -0.1) is 0 Å². The molecule has 7 rings (SSSR count). The molecular weight excluding hydrogens is 1370 g/mol. The Morgan fingerprint density at radius 3 is 1.31 bits per heavy atom. The van der Waals surface area contributed by atoms with Gasteiger partial charge in [-0.1, -0.05) is 58.0 Å². The molecule has 0 radical (unpaired) electrons. The second-order valence-electron chi connectivity index (χ2n) is 24.1. The summed E-state index contributed by atoms with van der Waals surface area (Å²) in [5.74, 6) is -18.7. The van der Waals surface area contributed by atoms with Crippen LogP contribution in [0.25, 0.3) is 21.8 Å². The number of hydrogen-bond donors (Lipinski definition) is 21. The van der Waals surface area contributed by atoms with Gasteiger partial charge in [0.25, 0.3) is 5.91 Å². The number of amides is 12. The predicted octanol–water partition coefficient (Wildman–Crippen LogP) is -3.50. The van der Waals surface area contributed by atoms with Crippen LogP contribution in [0, 0.1) is 5.41 Å². The summed E-state index contributed by atoms with van der Waals surface area (Å²) < 4.78 is 0. The molecule has 2 fully saturated rings. The lowest BCUT2D eigenvalue weighted by Crippen LogP contribution is -2.61. The summed E-state index contributed by atoms with van der Waals surface area (Å²) in [7, 11) is 1.18. The van der Waals surface area contributed by atoms with Crippen molar-refractivity contribution in [2.75, 3.05) is 12.3 Å². The number of carboxylic acids is 3. The highest BCUT2D eigenvalue weighted by molar-refractivity contribution is 8.77. The molecule has 548 valence electrons. The largest absolute Gasteiger partial charge is 0.481 e. The van der Waals surface area contributed by atoms with Crippen LogP contribution in [0.2, 0.25) is 0 Å². The van der Waals surface area contributed by atoms with Crippen LogP contribution in [0.5, 0.6) is 0 Å². The van der Waals surface area contributed by atoms with Crippen molar-refractivity contribution in [2.45, 2.75) is 163 Å². The maximum Gasteiger partial charge on any atom is 0.303 e. The molecule has 1 unspecified atom stereocenters. The van der Waals surface area contributed by atoms with Gasteiger partial charge in [-0.05, 0) is 76.1 Å². The second kappa shape index (κ2) is 37.3. The van der Waals surface area contributed by atoms with Crippen LogP contribution < -0.4 is 74.9 Å². The number of hydrogen-bond acceptors (Lipinski definition) is 19. The van der Waals surface area contributed by atoms with E-state index in [1.165, 1.54) is 32.6 Å². The van der Waals surface area contributed by atoms with Crippen molar-refractivity contribution in [1.29, 1.82) is 5.41 Å². The molecule has 0 aliphatic carbocycles. The van der Waals surface area contributed by atoms with Crippen LogP contribution in [0.1, 0.15) is 89.0 Å². The minimum atomic E-state index is -1.91. The van der Waals surface area contributed by atoms with Crippen LogP contribution in [0.4, 0.5) is 0 Å². The summed E-state index contributed by atoms with van der Waals surface area (Å²) >= 11 is 0. The van der Waals surface area contributed by atoms with Gasteiger partial charge in [0, 0.05) is 91.2 Å². The van der Waals surface area contributed by atoms with Gasteiger partial charge in [0.2, 0.25) is 65.0 Å². The van der Waals surface area contributed by atoms with Gasteiger partial charge in [-0.25, -0.2) is 4.98 Å². The lowest BCUT2D eigenvalue weighted by atomic mass is 10.0.